The molecule has 0 rings (SSSR count). The number of hydrogen-bond donors (Lipinski definition) is 0. The van der Waals surface area contributed by atoms with Gasteiger partial charge in [-0.3, -0.25) is 4.79 Å². The Labute approximate surface area is 93.7 Å². The maximum atomic E-state index is 11.2. The minimum absolute atomic E-state index is 0.0661. The van der Waals surface area contributed by atoms with Gasteiger partial charge in [-0.05, 0) is 19.3 Å². The molecule has 2 heteroatoms. The Morgan fingerprint density at radius 2 is 1.73 bits per heavy atom. The van der Waals surface area contributed by atoms with E-state index in [0.717, 1.165) is 25.7 Å². The normalized spacial score (nSPS) is 10.8. The molecule has 88 valence electrons. The molecule has 0 bridgehead atoms. The minimum Gasteiger partial charge on any atom is -0.466 e. The number of hydrogen-bond acceptors (Lipinski definition) is 2. The van der Waals surface area contributed by atoms with Gasteiger partial charge in [0.1, 0.15) is 0 Å². The Kier molecular flexibility index (Phi) is 10.7. The summed E-state index contributed by atoms with van der Waals surface area (Å²) in [6, 6.07) is 0. The van der Waals surface area contributed by atoms with E-state index in [9.17, 15) is 4.79 Å². The third-order valence-electron chi connectivity index (χ3n) is 2.17. The van der Waals surface area contributed by atoms with Crippen molar-refractivity contribution in [2.45, 2.75) is 58.8 Å². The molecule has 0 saturated heterocycles. The quantitative estimate of drug-likeness (QED) is 0.329. The Bertz CT molecular complexity index is 173. The zero-order valence-corrected chi connectivity index (χ0v) is 10.1. The molecule has 0 unspecified atom stereocenters. The van der Waals surface area contributed by atoms with Gasteiger partial charge in [0.15, 0.2) is 0 Å². The molecule has 0 N–H and O–H groups in total. The van der Waals surface area contributed by atoms with E-state index in [2.05, 4.69) is 26.0 Å². The summed E-state index contributed by atoms with van der Waals surface area (Å²) < 4.78 is 5.04. The molecule has 0 amide bonds. The average molecular weight is 212 g/mol. The predicted molar refractivity (Wildman–Crippen MR) is 63.8 cm³/mol. The molecule has 0 spiro atoms. The van der Waals surface area contributed by atoms with Crippen LogP contribution in [0, 0.1) is 0 Å². The zero-order chi connectivity index (χ0) is 11.4. The first-order valence-electron chi connectivity index (χ1n) is 6.11. The van der Waals surface area contributed by atoms with Crippen molar-refractivity contribution >= 4 is 5.97 Å². The van der Waals surface area contributed by atoms with E-state index in [1.165, 1.54) is 12.8 Å². The molecule has 0 saturated carbocycles. The summed E-state index contributed by atoms with van der Waals surface area (Å²) in [6.45, 7) is 4.85. The molecule has 0 aliphatic rings. The third kappa shape index (κ3) is 11.1. The van der Waals surface area contributed by atoms with Crippen LogP contribution >= 0.6 is 0 Å². The van der Waals surface area contributed by atoms with E-state index in [-0.39, 0.29) is 5.97 Å². The van der Waals surface area contributed by atoms with Crippen LogP contribution in [0.25, 0.3) is 0 Å². The standard InChI is InChI=1S/C13H24O2/c1-3-5-7-8-9-10-11-13(14)15-12-6-4-2/h8-9H,3-7,10-12H2,1-2H3. The topological polar surface area (TPSA) is 26.3 Å². The second-order valence-corrected chi connectivity index (χ2v) is 3.73. The van der Waals surface area contributed by atoms with Crippen molar-refractivity contribution in [1.29, 1.82) is 0 Å². The smallest absolute Gasteiger partial charge is 0.306 e. The highest BCUT2D eigenvalue weighted by Crippen LogP contribution is 2.00. The largest absolute Gasteiger partial charge is 0.466 e. The summed E-state index contributed by atoms with van der Waals surface area (Å²) in [4.78, 5) is 11.2. The van der Waals surface area contributed by atoms with E-state index in [1.54, 1.807) is 0 Å². The van der Waals surface area contributed by atoms with E-state index in [1.807, 2.05) is 0 Å². The van der Waals surface area contributed by atoms with Crippen LogP contribution < -0.4 is 0 Å². The lowest BCUT2D eigenvalue weighted by Crippen LogP contribution is -2.04. The molecule has 0 aromatic heterocycles. The van der Waals surface area contributed by atoms with Gasteiger partial charge < -0.3 is 4.74 Å². The van der Waals surface area contributed by atoms with E-state index in [4.69, 9.17) is 4.74 Å². The van der Waals surface area contributed by atoms with Gasteiger partial charge in [0.05, 0.1) is 6.61 Å². The molecule has 0 aliphatic heterocycles. The van der Waals surface area contributed by atoms with Gasteiger partial charge in [-0.15, -0.1) is 0 Å². The molecule has 0 aliphatic carbocycles. The summed E-state index contributed by atoms with van der Waals surface area (Å²) in [5.74, 6) is -0.0661. The van der Waals surface area contributed by atoms with Gasteiger partial charge in [-0.1, -0.05) is 45.3 Å². The van der Waals surface area contributed by atoms with E-state index < -0.39 is 0 Å². The predicted octanol–water partition coefficient (Wildman–Crippen LogP) is 3.86. The van der Waals surface area contributed by atoms with E-state index in [0.29, 0.717) is 13.0 Å². The van der Waals surface area contributed by atoms with Crippen molar-refractivity contribution < 1.29 is 9.53 Å². The summed E-state index contributed by atoms with van der Waals surface area (Å²) >= 11 is 0. The molecule has 0 radical (unpaired) electrons. The molecule has 15 heavy (non-hydrogen) atoms. The Balaban J connectivity index is 3.26. The molecular formula is C13H24O2. The Morgan fingerprint density at radius 1 is 1.07 bits per heavy atom. The zero-order valence-electron chi connectivity index (χ0n) is 10.1. The van der Waals surface area contributed by atoms with Crippen LogP contribution in [0.1, 0.15) is 58.8 Å². The highest BCUT2D eigenvalue weighted by atomic mass is 16.5. The van der Waals surface area contributed by atoms with Crippen molar-refractivity contribution in [3.05, 3.63) is 12.2 Å². The first-order valence-corrected chi connectivity index (χ1v) is 6.11. The number of esters is 1. The van der Waals surface area contributed by atoms with Crippen LogP contribution in [0.4, 0.5) is 0 Å². The second-order valence-electron chi connectivity index (χ2n) is 3.73. The van der Waals surface area contributed by atoms with Crippen molar-refractivity contribution in [1.82, 2.24) is 0 Å². The maximum absolute atomic E-state index is 11.2. The van der Waals surface area contributed by atoms with Gasteiger partial charge >= 0.3 is 5.97 Å². The molecule has 0 atom stereocenters. The molecule has 0 fully saturated rings. The van der Waals surface area contributed by atoms with Crippen LogP contribution in [0.15, 0.2) is 12.2 Å². The number of rotatable bonds is 9. The minimum atomic E-state index is -0.0661. The van der Waals surface area contributed by atoms with Gasteiger partial charge in [0, 0.05) is 6.42 Å². The van der Waals surface area contributed by atoms with Gasteiger partial charge in [0.25, 0.3) is 0 Å². The Morgan fingerprint density at radius 3 is 2.40 bits per heavy atom. The fourth-order valence-corrected chi connectivity index (χ4v) is 1.16. The number of allylic oxidation sites excluding steroid dienone is 2. The van der Waals surface area contributed by atoms with Crippen molar-refractivity contribution in [2.75, 3.05) is 6.61 Å². The number of unbranched alkanes of at least 4 members (excludes halogenated alkanes) is 3. The lowest BCUT2D eigenvalue weighted by atomic mass is 10.2. The molecule has 0 heterocycles. The monoisotopic (exact) mass is 212 g/mol. The molecule has 0 aromatic rings. The Hall–Kier alpha value is -0.790. The summed E-state index contributed by atoms with van der Waals surface area (Å²) in [5, 5.41) is 0. The number of ether oxygens (including phenoxy) is 1. The molecular weight excluding hydrogens is 188 g/mol. The van der Waals surface area contributed by atoms with Crippen LogP contribution in [0.2, 0.25) is 0 Å². The highest BCUT2D eigenvalue weighted by Gasteiger charge is 1.99. The van der Waals surface area contributed by atoms with Crippen LogP contribution in [-0.4, -0.2) is 12.6 Å². The fraction of sp³-hybridized carbons (Fsp3) is 0.769. The fourth-order valence-electron chi connectivity index (χ4n) is 1.16. The number of carbonyl (C=O) groups excluding carboxylic acids is 1. The van der Waals surface area contributed by atoms with Crippen molar-refractivity contribution in [3.8, 4) is 0 Å². The van der Waals surface area contributed by atoms with Gasteiger partial charge in [-0.25, -0.2) is 0 Å². The molecule has 2 nitrogen and oxygen atoms in total. The molecule has 0 aromatic carbocycles. The SMILES string of the molecule is CCCCC=CCCC(=O)OCCCC. The lowest BCUT2D eigenvalue weighted by Gasteiger charge is -2.01. The van der Waals surface area contributed by atoms with E-state index >= 15 is 0 Å². The van der Waals surface area contributed by atoms with Crippen molar-refractivity contribution in [2.24, 2.45) is 0 Å². The third-order valence-corrected chi connectivity index (χ3v) is 2.17. The van der Waals surface area contributed by atoms with Gasteiger partial charge in [0.2, 0.25) is 0 Å². The lowest BCUT2D eigenvalue weighted by molar-refractivity contribution is -0.143. The first-order chi connectivity index (χ1) is 7.31. The summed E-state index contributed by atoms with van der Waals surface area (Å²) in [7, 11) is 0. The summed E-state index contributed by atoms with van der Waals surface area (Å²) in [6.07, 6.45) is 11.2. The maximum Gasteiger partial charge on any atom is 0.306 e. The van der Waals surface area contributed by atoms with Crippen LogP contribution in [0.5, 0.6) is 0 Å². The van der Waals surface area contributed by atoms with Crippen LogP contribution in [-0.2, 0) is 9.53 Å². The second kappa shape index (κ2) is 11.3. The summed E-state index contributed by atoms with van der Waals surface area (Å²) in [5.41, 5.74) is 0. The van der Waals surface area contributed by atoms with Crippen LogP contribution in [0.3, 0.4) is 0 Å². The van der Waals surface area contributed by atoms with Crippen molar-refractivity contribution in [3.63, 3.8) is 0 Å². The first kappa shape index (κ1) is 14.2. The number of carbonyl (C=O) groups is 1. The average Bonchev–Trinajstić information content (AvgIpc) is 2.23. The van der Waals surface area contributed by atoms with Gasteiger partial charge in [-0.2, -0.15) is 0 Å². The highest BCUT2D eigenvalue weighted by molar-refractivity contribution is 5.69.